The van der Waals surface area contributed by atoms with Crippen LogP contribution < -0.4 is 28.3 Å². The van der Waals surface area contributed by atoms with E-state index in [1.807, 2.05) is 0 Å². The van der Waals surface area contributed by atoms with Crippen LogP contribution in [-0.2, 0) is 23.7 Å². The second-order valence-electron chi connectivity index (χ2n) is 12.6. The van der Waals surface area contributed by atoms with E-state index in [0.29, 0.717) is 32.4 Å². The molecule has 250 valence electrons. The fourth-order valence-corrected chi connectivity index (χ4v) is 6.53. The first-order valence-corrected chi connectivity index (χ1v) is 15.2. The predicted molar refractivity (Wildman–Crippen MR) is 150 cm³/mol. The maximum absolute atomic E-state index is 13.1. The number of aliphatic hydroxyl groups excluding tert-OH is 5. The first kappa shape index (κ1) is 34.9. The summed E-state index contributed by atoms with van der Waals surface area (Å²) in [5, 5.41) is 65.2. The maximum Gasteiger partial charge on any atom is 0.186 e. The SMILES string of the molecule is NC1CC(O)(C(=O)C[C@@H]2C[C@H](N)C(O[C@H]3O[C@H](CNCCCO)CC[C@H]3N)[C@H](O)[C@H]2O[C@H]2O[C@H](CO)[C@@H](O)[C@H](N)[C@H]2O)C1. The zero-order chi connectivity index (χ0) is 31.5. The number of rotatable bonds is 13. The summed E-state index contributed by atoms with van der Waals surface area (Å²) in [5.41, 5.74) is 23.0. The minimum atomic E-state index is -1.58. The number of ether oxygens (including phenoxy) is 4. The first-order chi connectivity index (χ1) is 20.4. The van der Waals surface area contributed by atoms with Crippen molar-refractivity contribution in [1.82, 2.24) is 5.32 Å². The van der Waals surface area contributed by atoms with Crippen LogP contribution in [0.1, 0.15) is 44.9 Å². The van der Waals surface area contributed by atoms with Gasteiger partial charge in [0.25, 0.3) is 0 Å². The lowest BCUT2D eigenvalue weighted by atomic mass is 9.69. The molecule has 4 fully saturated rings. The number of hydrogen-bond acceptors (Lipinski definition) is 16. The summed E-state index contributed by atoms with van der Waals surface area (Å²) in [6.07, 6.45) is -8.30. The third kappa shape index (κ3) is 8.08. The Balaban J connectivity index is 1.49. The quantitative estimate of drug-likeness (QED) is 0.0857. The minimum Gasteiger partial charge on any atom is -0.396 e. The summed E-state index contributed by atoms with van der Waals surface area (Å²) in [4.78, 5) is 13.1. The van der Waals surface area contributed by atoms with Gasteiger partial charge in [0.05, 0.1) is 30.9 Å². The summed E-state index contributed by atoms with van der Waals surface area (Å²) in [7, 11) is 0. The van der Waals surface area contributed by atoms with Gasteiger partial charge in [0, 0.05) is 31.7 Å². The van der Waals surface area contributed by atoms with Crippen LogP contribution in [0.25, 0.3) is 0 Å². The molecule has 16 nitrogen and oxygen atoms in total. The summed E-state index contributed by atoms with van der Waals surface area (Å²) in [6, 6.07) is -2.80. The highest BCUT2D eigenvalue weighted by Gasteiger charge is 2.53. The molecule has 4 aliphatic rings. The normalized spacial score (nSPS) is 47.2. The molecule has 1 unspecified atom stereocenters. The Morgan fingerprint density at radius 3 is 2.26 bits per heavy atom. The van der Waals surface area contributed by atoms with Crippen molar-refractivity contribution in [3.05, 3.63) is 0 Å². The average molecular weight is 622 g/mol. The zero-order valence-corrected chi connectivity index (χ0v) is 24.4. The van der Waals surface area contributed by atoms with Gasteiger partial charge in [-0.1, -0.05) is 0 Å². The molecular formula is C27H51N5O11. The molecule has 0 bridgehead atoms. The van der Waals surface area contributed by atoms with Gasteiger partial charge < -0.3 is 77.8 Å². The van der Waals surface area contributed by atoms with Gasteiger partial charge in [-0.15, -0.1) is 0 Å². The Morgan fingerprint density at radius 1 is 0.907 bits per heavy atom. The molecule has 2 aliphatic carbocycles. The summed E-state index contributed by atoms with van der Waals surface area (Å²) >= 11 is 0. The zero-order valence-electron chi connectivity index (χ0n) is 24.4. The Kier molecular flexibility index (Phi) is 12.3. The number of ketones is 1. The Morgan fingerprint density at radius 2 is 1.60 bits per heavy atom. The second kappa shape index (κ2) is 15.1. The maximum atomic E-state index is 13.1. The number of nitrogens with one attached hydrogen (secondary N) is 1. The highest BCUT2D eigenvalue weighted by molar-refractivity contribution is 5.88. The number of hydrogen-bond donors (Lipinski definition) is 11. The monoisotopic (exact) mass is 621 g/mol. The first-order valence-electron chi connectivity index (χ1n) is 15.2. The van der Waals surface area contributed by atoms with Crippen LogP contribution in [0, 0.1) is 5.92 Å². The number of aliphatic hydroxyl groups is 6. The molecule has 0 spiro atoms. The molecule has 13 atom stereocenters. The van der Waals surface area contributed by atoms with E-state index in [-0.39, 0.29) is 44.4 Å². The number of nitrogens with two attached hydrogens (primary N) is 4. The lowest BCUT2D eigenvalue weighted by Crippen LogP contribution is -2.66. The van der Waals surface area contributed by atoms with E-state index in [1.165, 1.54) is 0 Å². The Hall–Kier alpha value is -0.930. The van der Waals surface area contributed by atoms with E-state index in [0.717, 1.165) is 0 Å². The summed E-state index contributed by atoms with van der Waals surface area (Å²) in [6.45, 7) is 0.607. The molecule has 2 saturated heterocycles. The minimum absolute atomic E-state index is 0.0747. The van der Waals surface area contributed by atoms with Gasteiger partial charge in [-0.3, -0.25) is 4.79 Å². The van der Waals surface area contributed by atoms with E-state index >= 15 is 0 Å². The van der Waals surface area contributed by atoms with Crippen LogP contribution in [0.3, 0.4) is 0 Å². The molecule has 0 aromatic carbocycles. The molecule has 43 heavy (non-hydrogen) atoms. The van der Waals surface area contributed by atoms with Crippen molar-refractivity contribution in [2.24, 2.45) is 28.9 Å². The van der Waals surface area contributed by atoms with Crippen molar-refractivity contribution in [3.8, 4) is 0 Å². The Bertz CT molecular complexity index is 899. The van der Waals surface area contributed by atoms with Crippen molar-refractivity contribution in [2.75, 3.05) is 26.3 Å². The van der Waals surface area contributed by atoms with Crippen LogP contribution in [0.2, 0.25) is 0 Å². The van der Waals surface area contributed by atoms with Crippen LogP contribution in [-0.4, -0.2) is 148 Å². The molecule has 0 radical (unpaired) electrons. The van der Waals surface area contributed by atoms with E-state index in [2.05, 4.69) is 5.32 Å². The van der Waals surface area contributed by atoms with Crippen molar-refractivity contribution < 1.29 is 54.4 Å². The molecule has 15 N–H and O–H groups in total. The van der Waals surface area contributed by atoms with E-state index < -0.39 is 91.2 Å². The summed E-state index contributed by atoms with van der Waals surface area (Å²) in [5.74, 6) is -1.19. The number of carbonyl (C=O) groups excluding carboxylic acids is 1. The van der Waals surface area contributed by atoms with Gasteiger partial charge in [0.15, 0.2) is 18.4 Å². The molecule has 2 saturated carbocycles. The van der Waals surface area contributed by atoms with Gasteiger partial charge in [0.2, 0.25) is 0 Å². The molecule has 0 aromatic rings. The highest BCUT2D eigenvalue weighted by atomic mass is 16.7. The third-order valence-corrected chi connectivity index (χ3v) is 9.20. The molecular weight excluding hydrogens is 570 g/mol. The van der Waals surface area contributed by atoms with Crippen molar-refractivity contribution in [3.63, 3.8) is 0 Å². The van der Waals surface area contributed by atoms with Gasteiger partial charge >= 0.3 is 0 Å². The highest BCUT2D eigenvalue weighted by Crippen LogP contribution is 2.39. The fraction of sp³-hybridized carbons (Fsp3) is 0.963. The molecule has 0 amide bonds. The van der Waals surface area contributed by atoms with Gasteiger partial charge in [-0.2, -0.15) is 0 Å². The standard InChI is InChI=1S/C27H51N5O11/c28-13-8-27(39,9-13)18(35)7-12-6-16(30)24(43-25-15(29)3-2-14(40-25)10-32-4-1-5-33)22(38)23(12)42-26-21(37)19(31)20(36)17(11-34)41-26/h12-17,19-26,32-34,36-39H,1-11,28-31H2/t12-,13?,14-,15+,16-,17+,19-,20+,21+,22+,23-,24?,25+,26+,27?/m0/s1. The van der Waals surface area contributed by atoms with Gasteiger partial charge in [0.1, 0.15) is 36.1 Å². The molecule has 2 aliphatic heterocycles. The predicted octanol–water partition coefficient (Wildman–Crippen LogP) is -5.15. The van der Waals surface area contributed by atoms with E-state index in [1.54, 1.807) is 0 Å². The fourth-order valence-electron chi connectivity index (χ4n) is 6.53. The van der Waals surface area contributed by atoms with Crippen molar-refractivity contribution >= 4 is 5.78 Å². The largest absolute Gasteiger partial charge is 0.396 e. The molecule has 16 heteroatoms. The van der Waals surface area contributed by atoms with Crippen molar-refractivity contribution in [2.45, 2.75) is 130 Å². The van der Waals surface area contributed by atoms with Crippen LogP contribution in [0.5, 0.6) is 0 Å². The number of Topliss-reactive ketones (excluding diaryl/α,β-unsaturated/α-hetero) is 1. The average Bonchev–Trinajstić information content (AvgIpc) is 2.95. The molecule has 0 aromatic heterocycles. The van der Waals surface area contributed by atoms with Crippen LogP contribution >= 0.6 is 0 Å². The van der Waals surface area contributed by atoms with Gasteiger partial charge in [-0.05, 0) is 51.0 Å². The van der Waals surface area contributed by atoms with Gasteiger partial charge in [-0.25, -0.2) is 0 Å². The lowest BCUT2D eigenvalue weighted by molar-refractivity contribution is -0.318. The third-order valence-electron chi connectivity index (χ3n) is 9.20. The van der Waals surface area contributed by atoms with Crippen LogP contribution in [0.15, 0.2) is 0 Å². The number of carbonyl (C=O) groups is 1. The smallest absolute Gasteiger partial charge is 0.186 e. The molecule has 2 heterocycles. The van der Waals surface area contributed by atoms with E-state index in [9.17, 15) is 30.3 Å². The topological polar surface area (TPSA) is 291 Å². The van der Waals surface area contributed by atoms with E-state index in [4.69, 9.17) is 47.0 Å². The Labute approximate surface area is 250 Å². The van der Waals surface area contributed by atoms with Crippen LogP contribution in [0.4, 0.5) is 0 Å². The lowest BCUT2D eigenvalue weighted by Gasteiger charge is -2.49. The second-order valence-corrected chi connectivity index (χ2v) is 12.6. The summed E-state index contributed by atoms with van der Waals surface area (Å²) < 4.78 is 23.9. The molecule has 4 rings (SSSR count). The van der Waals surface area contributed by atoms with Crippen molar-refractivity contribution in [1.29, 1.82) is 0 Å².